The zero-order chi connectivity index (χ0) is 8.39. The van der Waals surface area contributed by atoms with Crippen LogP contribution in [-0.4, -0.2) is 13.7 Å². The third-order valence-electron chi connectivity index (χ3n) is 2.34. The van der Waals surface area contributed by atoms with Gasteiger partial charge in [-0.1, -0.05) is 12.1 Å². The molecular formula is C10H14ClNO. The number of hydrogen-bond donors (Lipinski definition) is 1. The molecule has 3 heteroatoms. The molecule has 72 valence electrons. The van der Waals surface area contributed by atoms with Crippen molar-refractivity contribution in [3.63, 3.8) is 0 Å². The van der Waals surface area contributed by atoms with Gasteiger partial charge in [-0.2, -0.15) is 0 Å². The Hall–Kier alpha value is -0.730. The van der Waals surface area contributed by atoms with Gasteiger partial charge in [0.05, 0.1) is 7.11 Å². The van der Waals surface area contributed by atoms with Crippen molar-refractivity contribution in [1.29, 1.82) is 0 Å². The predicted octanol–water partition coefficient (Wildman–Crippen LogP) is 2.15. The molecule has 1 heterocycles. The molecular weight excluding hydrogens is 186 g/mol. The summed E-state index contributed by atoms with van der Waals surface area (Å²) in [7, 11) is 1.69. The Morgan fingerprint density at radius 2 is 1.92 bits per heavy atom. The van der Waals surface area contributed by atoms with Gasteiger partial charge in [-0.05, 0) is 30.7 Å². The van der Waals surface area contributed by atoms with E-state index in [1.807, 2.05) is 12.1 Å². The van der Waals surface area contributed by atoms with Crippen molar-refractivity contribution in [3.8, 4) is 5.75 Å². The number of ether oxygens (including phenoxy) is 1. The molecule has 0 radical (unpaired) electrons. The summed E-state index contributed by atoms with van der Waals surface area (Å²) in [6, 6.07) is 8.84. The van der Waals surface area contributed by atoms with E-state index in [0.717, 1.165) is 12.3 Å². The number of methoxy groups -OCH3 is 1. The SMILES string of the molecule is COc1ccc([C@H]2CCN2)cc1.Cl. The molecule has 1 fully saturated rings. The van der Waals surface area contributed by atoms with Crippen molar-refractivity contribution in [2.75, 3.05) is 13.7 Å². The summed E-state index contributed by atoms with van der Waals surface area (Å²) < 4.78 is 5.08. The molecule has 1 aliphatic heterocycles. The second-order valence-electron chi connectivity index (χ2n) is 3.07. The molecule has 13 heavy (non-hydrogen) atoms. The lowest BCUT2D eigenvalue weighted by atomic mass is 9.98. The summed E-state index contributed by atoms with van der Waals surface area (Å²) >= 11 is 0. The number of rotatable bonds is 2. The zero-order valence-electron chi connectivity index (χ0n) is 7.62. The maximum atomic E-state index is 5.08. The van der Waals surface area contributed by atoms with E-state index in [0.29, 0.717) is 6.04 Å². The van der Waals surface area contributed by atoms with E-state index >= 15 is 0 Å². The van der Waals surface area contributed by atoms with E-state index in [-0.39, 0.29) is 12.4 Å². The molecule has 0 aromatic heterocycles. The minimum Gasteiger partial charge on any atom is -0.497 e. The van der Waals surface area contributed by atoms with Crippen LogP contribution in [0.25, 0.3) is 0 Å². The Bertz CT molecular complexity index is 256. The lowest BCUT2D eigenvalue weighted by Gasteiger charge is -2.27. The van der Waals surface area contributed by atoms with E-state index in [4.69, 9.17) is 4.74 Å². The van der Waals surface area contributed by atoms with Gasteiger partial charge >= 0.3 is 0 Å². The van der Waals surface area contributed by atoms with E-state index in [2.05, 4.69) is 17.4 Å². The number of hydrogen-bond acceptors (Lipinski definition) is 2. The highest BCUT2D eigenvalue weighted by Gasteiger charge is 2.17. The number of halogens is 1. The lowest BCUT2D eigenvalue weighted by Crippen LogP contribution is -2.34. The highest BCUT2D eigenvalue weighted by molar-refractivity contribution is 5.85. The summed E-state index contributed by atoms with van der Waals surface area (Å²) in [4.78, 5) is 0. The average Bonchev–Trinajstić information content (AvgIpc) is 2.03. The van der Waals surface area contributed by atoms with Gasteiger partial charge in [0.25, 0.3) is 0 Å². The Morgan fingerprint density at radius 3 is 2.31 bits per heavy atom. The van der Waals surface area contributed by atoms with Crippen molar-refractivity contribution >= 4 is 12.4 Å². The van der Waals surface area contributed by atoms with Crippen LogP contribution in [0.3, 0.4) is 0 Å². The van der Waals surface area contributed by atoms with Crippen LogP contribution in [0.2, 0.25) is 0 Å². The molecule has 1 atom stereocenters. The normalized spacial score (nSPS) is 19.9. The summed E-state index contributed by atoms with van der Waals surface area (Å²) in [5, 5.41) is 3.36. The second kappa shape index (κ2) is 4.49. The van der Waals surface area contributed by atoms with Gasteiger partial charge in [-0.15, -0.1) is 12.4 Å². The van der Waals surface area contributed by atoms with Gasteiger partial charge in [0.1, 0.15) is 5.75 Å². The fourth-order valence-corrected chi connectivity index (χ4v) is 1.41. The summed E-state index contributed by atoms with van der Waals surface area (Å²) in [5.41, 5.74) is 1.36. The van der Waals surface area contributed by atoms with Crippen LogP contribution in [0.5, 0.6) is 5.75 Å². The molecule has 0 saturated carbocycles. The first-order chi connectivity index (χ1) is 5.90. The van der Waals surface area contributed by atoms with E-state index < -0.39 is 0 Å². The van der Waals surface area contributed by atoms with Crippen LogP contribution in [0.15, 0.2) is 24.3 Å². The third-order valence-corrected chi connectivity index (χ3v) is 2.34. The molecule has 2 rings (SSSR count). The van der Waals surface area contributed by atoms with Gasteiger partial charge in [0, 0.05) is 6.04 Å². The molecule has 1 aromatic carbocycles. The predicted molar refractivity (Wildman–Crippen MR) is 55.6 cm³/mol. The molecule has 1 aliphatic rings. The van der Waals surface area contributed by atoms with Crippen LogP contribution in [0.4, 0.5) is 0 Å². The molecule has 1 N–H and O–H groups in total. The Labute approximate surface area is 84.7 Å². The first kappa shape index (κ1) is 10.4. The molecule has 1 aromatic rings. The molecule has 2 nitrogen and oxygen atoms in total. The highest BCUT2D eigenvalue weighted by Crippen LogP contribution is 2.24. The first-order valence-corrected chi connectivity index (χ1v) is 4.27. The first-order valence-electron chi connectivity index (χ1n) is 4.27. The quantitative estimate of drug-likeness (QED) is 0.788. The van der Waals surface area contributed by atoms with Crippen LogP contribution in [-0.2, 0) is 0 Å². The fraction of sp³-hybridized carbons (Fsp3) is 0.400. The highest BCUT2D eigenvalue weighted by atomic mass is 35.5. The second-order valence-corrected chi connectivity index (χ2v) is 3.07. The molecule has 1 saturated heterocycles. The lowest BCUT2D eigenvalue weighted by molar-refractivity contribution is 0.381. The standard InChI is InChI=1S/C10H13NO.ClH/c1-12-9-4-2-8(3-5-9)10-6-7-11-10;/h2-5,10-11H,6-7H2,1H3;1H/t10-;/m1./s1. The van der Waals surface area contributed by atoms with Crippen molar-refractivity contribution in [3.05, 3.63) is 29.8 Å². The molecule has 0 aliphatic carbocycles. The Morgan fingerprint density at radius 1 is 1.31 bits per heavy atom. The van der Waals surface area contributed by atoms with Gasteiger partial charge in [0.15, 0.2) is 0 Å². The summed E-state index contributed by atoms with van der Waals surface area (Å²) in [5.74, 6) is 0.929. The van der Waals surface area contributed by atoms with Gasteiger partial charge < -0.3 is 10.1 Å². The van der Waals surface area contributed by atoms with Crippen LogP contribution < -0.4 is 10.1 Å². The monoisotopic (exact) mass is 199 g/mol. The summed E-state index contributed by atoms with van der Waals surface area (Å²) in [6.45, 7) is 1.15. The van der Waals surface area contributed by atoms with Crippen molar-refractivity contribution in [1.82, 2.24) is 5.32 Å². The minimum absolute atomic E-state index is 0. The van der Waals surface area contributed by atoms with Crippen molar-refractivity contribution < 1.29 is 4.74 Å². The smallest absolute Gasteiger partial charge is 0.118 e. The number of nitrogens with one attached hydrogen (secondary N) is 1. The van der Waals surface area contributed by atoms with Crippen molar-refractivity contribution in [2.24, 2.45) is 0 Å². The van der Waals surface area contributed by atoms with E-state index in [1.54, 1.807) is 7.11 Å². The third kappa shape index (κ3) is 2.14. The van der Waals surface area contributed by atoms with Crippen molar-refractivity contribution in [2.45, 2.75) is 12.5 Å². The van der Waals surface area contributed by atoms with Gasteiger partial charge in [0.2, 0.25) is 0 Å². The maximum Gasteiger partial charge on any atom is 0.118 e. The Balaban J connectivity index is 0.000000845. The van der Waals surface area contributed by atoms with Gasteiger partial charge in [-0.25, -0.2) is 0 Å². The summed E-state index contributed by atoms with van der Waals surface area (Å²) in [6.07, 6.45) is 1.26. The topological polar surface area (TPSA) is 21.3 Å². The minimum atomic E-state index is 0. The van der Waals surface area contributed by atoms with E-state index in [9.17, 15) is 0 Å². The van der Waals surface area contributed by atoms with Crippen LogP contribution >= 0.6 is 12.4 Å². The van der Waals surface area contributed by atoms with Crippen LogP contribution in [0.1, 0.15) is 18.0 Å². The Kier molecular flexibility index (Phi) is 3.58. The molecule has 0 bridgehead atoms. The van der Waals surface area contributed by atoms with E-state index in [1.165, 1.54) is 12.0 Å². The zero-order valence-corrected chi connectivity index (χ0v) is 8.43. The molecule has 0 spiro atoms. The van der Waals surface area contributed by atoms with Crippen LogP contribution in [0, 0.1) is 0 Å². The number of benzene rings is 1. The average molecular weight is 200 g/mol. The molecule has 0 amide bonds. The fourth-order valence-electron chi connectivity index (χ4n) is 1.41. The molecule has 0 unspecified atom stereocenters. The largest absolute Gasteiger partial charge is 0.497 e. The van der Waals surface area contributed by atoms with Gasteiger partial charge in [-0.3, -0.25) is 0 Å². The maximum absolute atomic E-state index is 5.08.